The predicted molar refractivity (Wildman–Crippen MR) is 127 cm³/mol. The van der Waals surface area contributed by atoms with Crippen molar-refractivity contribution in [2.24, 2.45) is 0 Å². The van der Waals surface area contributed by atoms with Crippen LogP contribution >= 0.6 is 15.9 Å². The Kier molecular flexibility index (Phi) is 6.09. The van der Waals surface area contributed by atoms with Crippen LogP contribution in [0, 0.1) is 6.92 Å². The summed E-state index contributed by atoms with van der Waals surface area (Å²) in [5, 5.41) is 3.00. The fraction of sp³-hybridized carbons (Fsp3) is 0.200. The Labute approximate surface area is 189 Å². The van der Waals surface area contributed by atoms with Crippen molar-refractivity contribution in [3.8, 4) is 17.2 Å². The minimum Gasteiger partial charge on any atom is -0.493 e. The van der Waals surface area contributed by atoms with E-state index in [4.69, 9.17) is 9.15 Å². The third kappa shape index (κ3) is 4.49. The highest BCUT2D eigenvalue weighted by Gasteiger charge is 2.14. The molecular formula is C25H23BrN2O3. The van der Waals surface area contributed by atoms with Crippen LogP contribution in [0.3, 0.4) is 0 Å². The van der Waals surface area contributed by atoms with Gasteiger partial charge in [-0.3, -0.25) is 4.79 Å². The Bertz CT molecular complexity index is 1260. The van der Waals surface area contributed by atoms with Crippen LogP contribution in [0.1, 0.15) is 35.3 Å². The summed E-state index contributed by atoms with van der Waals surface area (Å²) in [7, 11) is 0. The van der Waals surface area contributed by atoms with Crippen molar-refractivity contribution >= 4 is 38.6 Å². The number of aryl methyl sites for hydroxylation is 2. The zero-order valence-electron chi connectivity index (χ0n) is 17.7. The highest BCUT2D eigenvalue weighted by Crippen LogP contribution is 2.30. The third-order valence-electron chi connectivity index (χ3n) is 5.09. The van der Waals surface area contributed by atoms with Gasteiger partial charge in [-0.25, -0.2) is 4.98 Å². The molecule has 0 unspecified atom stereocenters. The van der Waals surface area contributed by atoms with E-state index in [1.54, 1.807) is 18.2 Å². The number of halogens is 1. The van der Waals surface area contributed by atoms with E-state index in [1.807, 2.05) is 50.2 Å². The van der Waals surface area contributed by atoms with Crippen molar-refractivity contribution < 1.29 is 13.9 Å². The van der Waals surface area contributed by atoms with Crippen molar-refractivity contribution in [2.45, 2.75) is 27.2 Å². The van der Waals surface area contributed by atoms with E-state index in [0.29, 0.717) is 29.5 Å². The highest BCUT2D eigenvalue weighted by atomic mass is 79.9. The van der Waals surface area contributed by atoms with Gasteiger partial charge < -0.3 is 14.5 Å². The number of carbonyl (C=O) groups excluding carboxylic acids is 1. The number of carbonyl (C=O) groups is 1. The average molecular weight is 479 g/mol. The zero-order valence-corrected chi connectivity index (χ0v) is 19.2. The Hall–Kier alpha value is -3.12. The molecule has 0 atom stereocenters. The first kappa shape index (κ1) is 21.1. The Balaban J connectivity index is 1.61. The summed E-state index contributed by atoms with van der Waals surface area (Å²) in [6, 6.07) is 17.1. The number of amides is 1. The van der Waals surface area contributed by atoms with Gasteiger partial charge in [-0.15, -0.1) is 0 Å². The summed E-state index contributed by atoms with van der Waals surface area (Å²) in [4.78, 5) is 17.5. The quantitative estimate of drug-likeness (QED) is 0.331. The summed E-state index contributed by atoms with van der Waals surface area (Å²) < 4.78 is 12.2. The molecule has 158 valence electrons. The number of hydrogen-bond acceptors (Lipinski definition) is 4. The molecule has 1 aromatic heterocycles. The van der Waals surface area contributed by atoms with Gasteiger partial charge in [0, 0.05) is 16.8 Å². The van der Waals surface area contributed by atoms with Crippen molar-refractivity contribution in [3.05, 3.63) is 75.8 Å². The van der Waals surface area contributed by atoms with E-state index in [9.17, 15) is 4.79 Å². The lowest BCUT2D eigenvalue weighted by Crippen LogP contribution is -2.13. The molecule has 4 aromatic rings. The van der Waals surface area contributed by atoms with Gasteiger partial charge in [0.2, 0.25) is 5.89 Å². The minimum absolute atomic E-state index is 0.200. The van der Waals surface area contributed by atoms with Crippen molar-refractivity contribution in [3.63, 3.8) is 0 Å². The lowest BCUT2D eigenvalue weighted by Gasteiger charge is -2.11. The maximum atomic E-state index is 12.8. The van der Waals surface area contributed by atoms with E-state index in [1.165, 1.54) is 5.56 Å². The number of nitrogens with one attached hydrogen (secondary N) is 1. The number of fused-ring (bicyclic) bond motifs is 1. The molecule has 1 amide bonds. The maximum Gasteiger partial charge on any atom is 0.255 e. The number of hydrogen-bond donors (Lipinski definition) is 1. The first-order valence-electron chi connectivity index (χ1n) is 10.2. The topological polar surface area (TPSA) is 64.4 Å². The van der Waals surface area contributed by atoms with Crippen LogP contribution in [0.2, 0.25) is 0 Å². The summed E-state index contributed by atoms with van der Waals surface area (Å²) in [5.74, 6) is 1.04. The molecule has 3 aromatic carbocycles. The molecule has 5 nitrogen and oxygen atoms in total. The van der Waals surface area contributed by atoms with Crippen LogP contribution in [-0.2, 0) is 6.42 Å². The van der Waals surface area contributed by atoms with Crippen molar-refractivity contribution in [1.29, 1.82) is 0 Å². The van der Waals surface area contributed by atoms with Crippen LogP contribution < -0.4 is 10.1 Å². The number of anilines is 1. The number of nitrogens with zero attached hydrogens (tertiary/aromatic N) is 1. The molecule has 0 aliphatic rings. The van der Waals surface area contributed by atoms with E-state index < -0.39 is 0 Å². The Morgan fingerprint density at radius 3 is 2.68 bits per heavy atom. The SMILES string of the molecule is CCOc1ccc(C(=O)Nc2cc(-c3nc4cc(CC)ccc4o3)ccc2C)cc1Br. The first-order valence-corrected chi connectivity index (χ1v) is 11.0. The van der Waals surface area contributed by atoms with E-state index in [0.717, 1.165) is 33.1 Å². The van der Waals surface area contributed by atoms with E-state index >= 15 is 0 Å². The number of ether oxygens (including phenoxy) is 1. The summed E-state index contributed by atoms with van der Waals surface area (Å²) in [5.41, 5.74) is 5.80. The standard InChI is InChI=1S/C25H23BrN2O3/c1-4-16-7-10-23-21(12-16)28-25(31-23)18-8-6-15(3)20(14-18)27-24(29)17-9-11-22(30-5-2)19(26)13-17/h6-14H,4-5H2,1-3H3,(H,27,29). The normalized spacial score (nSPS) is 11.0. The Morgan fingerprint density at radius 1 is 1.10 bits per heavy atom. The second kappa shape index (κ2) is 8.94. The summed E-state index contributed by atoms with van der Waals surface area (Å²) >= 11 is 3.46. The van der Waals surface area contributed by atoms with E-state index in [2.05, 4.69) is 33.2 Å². The lowest BCUT2D eigenvalue weighted by atomic mass is 10.1. The molecule has 0 saturated carbocycles. The van der Waals surface area contributed by atoms with Crippen LogP contribution in [0.25, 0.3) is 22.6 Å². The minimum atomic E-state index is -0.200. The predicted octanol–water partition coefficient (Wildman–Crippen LogP) is 6.78. The molecule has 0 bridgehead atoms. The second-order valence-electron chi connectivity index (χ2n) is 7.24. The number of aromatic nitrogens is 1. The third-order valence-corrected chi connectivity index (χ3v) is 5.71. The lowest BCUT2D eigenvalue weighted by molar-refractivity contribution is 0.102. The van der Waals surface area contributed by atoms with Gasteiger partial charge in [-0.1, -0.05) is 19.1 Å². The summed E-state index contributed by atoms with van der Waals surface area (Å²) in [6.45, 7) is 6.54. The van der Waals surface area contributed by atoms with Gasteiger partial charge in [0.1, 0.15) is 11.3 Å². The van der Waals surface area contributed by atoms with Gasteiger partial charge in [0.25, 0.3) is 5.91 Å². The molecule has 0 aliphatic carbocycles. The maximum absolute atomic E-state index is 12.8. The molecule has 31 heavy (non-hydrogen) atoms. The van der Waals surface area contributed by atoms with Gasteiger partial charge in [0.05, 0.1) is 11.1 Å². The molecule has 0 fully saturated rings. The molecule has 0 spiro atoms. The smallest absolute Gasteiger partial charge is 0.255 e. The number of rotatable bonds is 6. The number of oxazole rings is 1. The van der Waals surface area contributed by atoms with Crippen molar-refractivity contribution in [1.82, 2.24) is 4.98 Å². The molecule has 4 rings (SSSR count). The molecule has 0 aliphatic heterocycles. The van der Waals surface area contributed by atoms with Gasteiger partial charge in [0.15, 0.2) is 5.58 Å². The molecule has 0 saturated heterocycles. The first-order chi connectivity index (χ1) is 15.0. The highest BCUT2D eigenvalue weighted by molar-refractivity contribution is 9.10. The molecular weight excluding hydrogens is 456 g/mol. The molecule has 1 N–H and O–H groups in total. The van der Waals surface area contributed by atoms with Crippen LogP contribution in [0.5, 0.6) is 5.75 Å². The number of benzene rings is 3. The average Bonchev–Trinajstić information content (AvgIpc) is 3.20. The van der Waals surface area contributed by atoms with Gasteiger partial charge in [-0.05, 0) is 89.8 Å². The van der Waals surface area contributed by atoms with E-state index in [-0.39, 0.29) is 5.91 Å². The fourth-order valence-corrected chi connectivity index (χ4v) is 3.81. The van der Waals surface area contributed by atoms with Crippen LogP contribution in [0.4, 0.5) is 5.69 Å². The van der Waals surface area contributed by atoms with Gasteiger partial charge >= 0.3 is 0 Å². The van der Waals surface area contributed by atoms with Gasteiger partial charge in [-0.2, -0.15) is 0 Å². The summed E-state index contributed by atoms with van der Waals surface area (Å²) in [6.07, 6.45) is 0.945. The molecule has 0 radical (unpaired) electrons. The molecule has 1 heterocycles. The second-order valence-corrected chi connectivity index (χ2v) is 8.09. The monoisotopic (exact) mass is 478 g/mol. The largest absolute Gasteiger partial charge is 0.493 e. The Morgan fingerprint density at radius 2 is 1.94 bits per heavy atom. The van der Waals surface area contributed by atoms with Crippen molar-refractivity contribution in [2.75, 3.05) is 11.9 Å². The van der Waals surface area contributed by atoms with Crippen LogP contribution in [-0.4, -0.2) is 17.5 Å². The molecule has 6 heteroatoms. The fourth-order valence-electron chi connectivity index (χ4n) is 3.32. The van der Waals surface area contributed by atoms with Crippen LogP contribution in [0.15, 0.2) is 63.5 Å². The zero-order chi connectivity index (χ0) is 22.0.